The van der Waals surface area contributed by atoms with Gasteiger partial charge in [-0.15, -0.1) is 0 Å². The van der Waals surface area contributed by atoms with E-state index >= 15 is 0 Å². The zero-order valence-corrected chi connectivity index (χ0v) is 12.8. The van der Waals surface area contributed by atoms with Crippen LogP contribution in [0.2, 0.25) is 0 Å². The predicted octanol–water partition coefficient (Wildman–Crippen LogP) is 2.85. The Labute approximate surface area is 134 Å². The molecule has 0 spiro atoms. The van der Waals surface area contributed by atoms with Crippen LogP contribution in [-0.2, 0) is 0 Å². The number of carbonyl (C=O) groups is 1. The van der Waals surface area contributed by atoms with Crippen molar-refractivity contribution < 1.29 is 9.53 Å². The number of ketones is 1. The third-order valence-corrected chi connectivity index (χ3v) is 2.95. The summed E-state index contributed by atoms with van der Waals surface area (Å²) < 4.78 is 5.20. The highest BCUT2D eigenvalue weighted by Gasteiger charge is 2.03. The Hall–Kier alpha value is -2.73. The first-order valence-corrected chi connectivity index (χ1v) is 6.94. The van der Waals surface area contributed by atoms with Gasteiger partial charge in [-0.25, -0.2) is 0 Å². The van der Waals surface area contributed by atoms with Crippen molar-refractivity contribution >= 4 is 35.0 Å². The molecule has 5 nitrogen and oxygen atoms in total. The van der Waals surface area contributed by atoms with Crippen LogP contribution < -0.4 is 15.5 Å². The quantitative estimate of drug-likeness (QED) is 0.385. The number of rotatable bonds is 5. The van der Waals surface area contributed by atoms with Gasteiger partial charge in [-0.2, -0.15) is 5.10 Å². The summed E-state index contributed by atoms with van der Waals surface area (Å²) in [6, 6.07) is 16.2. The molecule has 22 heavy (non-hydrogen) atoms. The van der Waals surface area contributed by atoms with Crippen LogP contribution in [0.1, 0.15) is 10.4 Å². The second-order valence-corrected chi connectivity index (χ2v) is 4.66. The highest BCUT2D eigenvalue weighted by Crippen LogP contribution is 2.22. The van der Waals surface area contributed by atoms with Gasteiger partial charge in [0.2, 0.25) is 5.78 Å². The summed E-state index contributed by atoms with van der Waals surface area (Å²) in [5.41, 5.74) is 3.88. The fourth-order valence-electron chi connectivity index (χ4n) is 1.72. The van der Waals surface area contributed by atoms with Gasteiger partial charge in [0.05, 0.1) is 19.0 Å². The van der Waals surface area contributed by atoms with E-state index in [-0.39, 0.29) is 10.9 Å². The van der Waals surface area contributed by atoms with Crippen molar-refractivity contribution in [3.63, 3.8) is 0 Å². The molecule has 0 unspecified atom stereocenters. The maximum Gasteiger partial charge on any atom is 0.205 e. The molecule has 6 heteroatoms. The summed E-state index contributed by atoms with van der Waals surface area (Å²) in [6.07, 6.45) is 1.19. The van der Waals surface area contributed by atoms with E-state index in [1.54, 1.807) is 31.4 Å². The molecule has 0 aliphatic rings. The van der Waals surface area contributed by atoms with E-state index in [0.29, 0.717) is 17.0 Å². The number of ether oxygens (including phenoxy) is 1. The Balaban J connectivity index is 1.90. The van der Waals surface area contributed by atoms with E-state index in [4.69, 9.17) is 17.0 Å². The van der Waals surface area contributed by atoms with Gasteiger partial charge in [0.1, 0.15) is 5.75 Å². The zero-order chi connectivity index (χ0) is 15.8. The Morgan fingerprint density at radius 3 is 2.55 bits per heavy atom. The summed E-state index contributed by atoms with van der Waals surface area (Å²) >= 11 is 5.11. The van der Waals surface area contributed by atoms with Crippen LogP contribution in [0.25, 0.3) is 0 Å². The number of Topliss-reactive ketones (excluding diaryl/α,β-unsaturated/α-hetero) is 1. The molecule has 0 saturated heterocycles. The van der Waals surface area contributed by atoms with E-state index in [2.05, 4.69) is 15.8 Å². The Morgan fingerprint density at radius 2 is 1.82 bits per heavy atom. The van der Waals surface area contributed by atoms with Gasteiger partial charge >= 0.3 is 0 Å². The number of hydrazone groups is 1. The van der Waals surface area contributed by atoms with E-state index in [0.717, 1.165) is 0 Å². The highest BCUT2D eigenvalue weighted by molar-refractivity contribution is 7.80. The fourth-order valence-corrected chi connectivity index (χ4v) is 1.89. The van der Waals surface area contributed by atoms with Crippen LogP contribution in [0.3, 0.4) is 0 Å². The average molecular weight is 313 g/mol. The van der Waals surface area contributed by atoms with Crippen LogP contribution in [0, 0.1) is 0 Å². The number of nitrogens with zero attached hydrogens (tertiary/aromatic N) is 1. The summed E-state index contributed by atoms with van der Waals surface area (Å²) in [5, 5.41) is 7.04. The van der Waals surface area contributed by atoms with Crippen LogP contribution in [0.15, 0.2) is 59.7 Å². The first-order chi connectivity index (χ1) is 10.7. The summed E-state index contributed by atoms with van der Waals surface area (Å²) in [5.74, 6) is 0.462. The maximum atomic E-state index is 11.8. The first kappa shape index (κ1) is 15.7. The van der Waals surface area contributed by atoms with Crippen LogP contribution in [0.4, 0.5) is 5.69 Å². The summed E-state index contributed by atoms with van der Waals surface area (Å²) in [4.78, 5) is 11.8. The first-order valence-electron chi connectivity index (χ1n) is 6.53. The molecule has 0 amide bonds. The molecule has 2 aromatic carbocycles. The van der Waals surface area contributed by atoms with Crippen molar-refractivity contribution in [2.24, 2.45) is 5.10 Å². The SMILES string of the molecule is COc1ccccc1NC(=S)NN=CC(=O)c1ccccc1. The smallest absolute Gasteiger partial charge is 0.205 e. The third kappa shape index (κ3) is 4.39. The van der Waals surface area contributed by atoms with Gasteiger partial charge in [-0.05, 0) is 24.4 Å². The summed E-state index contributed by atoms with van der Waals surface area (Å²) in [6.45, 7) is 0. The third-order valence-electron chi connectivity index (χ3n) is 2.76. The predicted molar refractivity (Wildman–Crippen MR) is 91.6 cm³/mol. The van der Waals surface area contributed by atoms with Gasteiger partial charge in [0, 0.05) is 5.56 Å². The summed E-state index contributed by atoms with van der Waals surface area (Å²) in [7, 11) is 1.58. The molecule has 0 atom stereocenters. The number of hydrogen-bond acceptors (Lipinski definition) is 4. The number of para-hydroxylation sites is 2. The van der Waals surface area contributed by atoms with Crippen LogP contribution in [-0.4, -0.2) is 24.2 Å². The standard InChI is InChI=1S/C16H15N3O2S/c1-21-15-10-6-5-9-13(15)18-16(22)19-17-11-14(20)12-7-3-2-4-8-12/h2-11H,1H3,(H2,18,19,22). The van der Waals surface area contributed by atoms with E-state index in [9.17, 15) is 4.79 Å². The lowest BCUT2D eigenvalue weighted by molar-refractivity contribution is 0.107. The minimum atomic E-state index is -0.201. The van der Waals surface area contributed by atoms with Crippen LogP contribution >= 0.6 is 12.2 Å². The van der Waals surface area contributed by atoms with Crippen molar-refractivity contribution in [3.8, 4) is 5.75 Å². The molecular weight excluding hydrogens is 298 g/mol. The molecule has 2 N–H and O–H groups in total. The normalized spacial score (nSPS) is 10.2. The molecular formula is C16H15N3O2S. The van der Waals surface area contributed by atoms with Gasteiger partial charge in [-0.1, -0.05) is 42.5 Å². The van der Waals surface area contributed by atoms with Gasteiger partial charge in [0.25, 0.3) is 0 Å². The molecule has 2 rings (SSSR count). The topological polar surface area (TPSA) is 62.7 Å². The lowest BCUT2D eigenvalue weighted by Gasteiger charge is -2.10. The number of hydrogen-bond donors (Lipinski definition) is 2. The number of carbonyl (C=O) groups excluding carboxylic acids is 1. The number of nitrogens with one attached hydrogen (secondary N) is 2. The van der Waals surface area contributed by atoms with E-state index in [1.165, 1.54) is 6.21 Å². The largest absolute Gasteiger partial charge is 0.495 e. The minimum Gasteiger partial charge on any atom is -0.495 e. The van der Waals surface area contributed by atoms with Gasteiger partial charge in [-0.3, -0.25) is 10.2 Å². The Kier molecular flexibility index (Phi) is 5.62. The lowest BCUT2D eigenvalue weighted by Crippen LogP contribution is -2.24. The highest BCUT2D eigenvalue weighted by atomic mass is 32.1. The molecule has 112 valence electrons. The molecule has 0 aromatic heterocycles. The fraction of sp³-hybridized carbons (Fsp3) is 0.0625. The van der Waals surface area contributed by atoms with Crippen molar-refractivity contribution in [2.75, 3.05) is 12.4 Å². The van der Waals surface area contributed by atoms with Gasteiger partial charge in [0.15, 0.2) is 5.11 Å². The second kappa shape index (κ2) is 7.90. The number of anilines is 1. The van der Waals surface area contributed by atoms with Crippen molar-refractivity contribution in [2.45, 2.75) is 0 Å². The Bertz CT molecular complexity index is 687. The molecule has 0 fully saturated rings. The number of benzene rings is 2. The monoisotopic (exact) mass is 313 g/mol. The maximum absolute atomic E-state index is 11.8. The van der Waals surface area contributed by atoms with Crippen molar-refractivity contribution in [1.82, 2.24) is 5.43 Å². The molecule has 0 saturated carbocycles. The van der Waals surface area contributed by atoms with Crippen molar-refractivity contribution in [3.05, 3.63) is 60.2 Å². The lowest BCUT2D eigenvalue weighted by atomic mass is 10.1. The number of methoxy groups -OCH3 is 1. The van der Waals surface area contributed by atoms with Gasteiger partial charge < -0.3 is 10.1 Å². The molecule has 0 radical (unpaired) electrons. The molecule has 0 aliphatic heterocycles. The molecule has 2 aromatic rings. The molecule has 0 aliphatic carbocycles. The van der Waals surface area contributed by atoms with Crippen molar-refractivity contribution in [1.29, 1.82) is 0 Å². The van der Waals surface area contributed by atoms with E-state index < -0.39 is 0 Å². The average Bonchev–Trinajstić information content (AvgIpc) is 2.56. The van der Waals surface area contributed by atoms with E-state index in [1.807, 2.05) is 30.3 Å². The molecule has 0 heterocycles. The zero-order valence-electron chi connectivity index (χ0n) is 11.9. The second-order valence-electron chi connectivity index (χ2n) is 4.25. The minimum absolute atomic E-state index is 0.201. The molecule has 0 bridgehead atoms. The Morgan fingerprint density at radius 1 is 1.14 bits per heavy atom. The number of thiocarbonyl (C=S) groups is 1. The van der Waals surface area contributed by atoms with Crippen LogP contribution in [0.5, 0.6) is 5.75 Å².